The summed E-state index contributed by atoms with van der Waals surface area (Å²) in [6, 6.07) is 2.31. The fourth-order valence-corrected chi connectivity index (χ4v) is 2.41. The summed E-state index contributed by atoms with van der Waals surface area (Å²) in [5, 5.41) is 0. The van der Waals surface area contributed by atoms with Crippen LogP contribution in [0.3, 0.4) is 0 Å². The van der Waals surface area contributed by atoms with Crippen LogP contribution in [0.2, 0.25) is 0 Å². The Balaban J connectivity index is 2.22. The van der Waals surface area contributed by atoms with Crippen LogP contribution in [0.25, 0.3) is 0 Å². The van der Waals surface area contributed by atoms with Crippen LogP contribution in [0.15, 0.2) is 10.5 Å². The summed E-state index contributed by atoms with van der Waals surface area (Å²) in [6.07, 6.45) is 7.44. The molecule has 0 amide bonds. The maximum atomic E-state index is 5.95. The van der Waals surface area contributed by atoms with Crippen molar-refractivity contribution in [1.29, 1.82) is 0 Å². The minimum Gasteiger partial charge on any atom is -0.466 e. The van der Waals surface area contributed by atoms with E-state index in [-0.39, 0.29) is 0 Å². The Labute approximate surface area is 86.5 Å². The molecule has 1 aromatic heterocycles. The molecule has 1 aromatic rings. The molecule has 0 spiro atoms. The molecule has 78 valence electrons. The first-order valence-electron chi connectivity index (χ1n) is 5.96. The van der Waals surface area contributed by atoms with Gasteiger partial charge in [-0.15, -0.1) is 0 Å². The molecule has 1 heteroatoms. The van der Waals surface area contributed by atoms with Crippen LogP contribution in [0.1, 0.15) is 62.5 Å². The molecule has 0 N–H and O–H groups in total. The molecule has 1 nitrogen and oxygen atoms in total. The number of hydrogen-bond acceptors (Lipinski definition) is 1. The third-order valence-electron chi connectivity index (χ3n) is 3.40. The number of fused-ring (bicyclic) bond motifs is 1. The molecule has 1 heterocycles. The lowest BCUT2D eigenvalue weighted by Gasteiger charge is -2.08. The molecule has 0 atom stereocenters. The van der Waals surface area contributed by atoms with Crippen molar-refractivity contribution in [3.05, 3.63) is 23.2 Å². The zero-order valence-corrected chi connectivity index (χ0v) is 9.31. The third-order valence-corrected chi connectivity index (χ3v) is 3.40. The maximum Gasteiger partial charge on any atom is 0.107 e. The first kappa shape index (κ1) is 9.82. The van der Waals surface area contributed by atoms with Gasteiger partial charge in [0.05, 0.1) is 0 Å². The molecule has 0 radical (unpaired) electrons. The van der Waals surface area contributed by atoms with Gasteiger partial charge in [0.25, 0.3) is 0 Å². The molecule has 1 aliphatic rings. The monoisotopic (exact) mass is 192 g/mol. The van der Waals surface area contributed by atoms with Gasteiger partial charge >= 0.3 is 0 Å². The van der Waals surface area contributed by atoms with Crippen LogP contribution >= 0.6 is 0 Å². The second-order valence-electron chi connectivity index (χ2n) is 4.32. The van der Waals surface area contributed by atoms with E-state index in [4.69, 9.17) is 4.42 Å². The van der Waals surface area contributed by atoms with E-state index in [9.17, 15) is 0 Å². The van der Waals surface area contributed by atoms with Crippen molar-refractivity contribution in [2.75, 3.05) is 0 Å². The molecule has 2 rings (SSSR count). The Kier molecular flexibility index (Phi) is 2.95. The second-order valence-corrected chi connectivity index (χ2v) is 4.32. The smallest absolute Gasteiger partial charge is 0.107 e. The van der Waals surface area contributed by atoms with Gasteiger partial charge < -0.3 is 4.42 Å². The molecule has 0 unspecified atom stereocenters. The second kappa shape index (κ2) is 4.20. The number of hydrogen-bond donors (Lipinski definition) is 0. The Morgan fingerprint density at radius 3 is 2.57 bits per heavy atom. The predicted molar refractivity (Wildman–Crippen MR) is 58.7 cm³/mol. The predicted octanol–water partition coefficient (Wildman–Crippen LogP) is 4.06. The summed E-state index contributed by atoms with van der Waals surface area (Å²) in [5.74, 6) is 3.15. The van der Waals surface area contributed by atoms with Gasteiger partial charge in [-0.05, 0) is 43.7 Å². The molecule has 1 aliphatic carbocycles. The van der Waals surface area contributed by atoms with Crippen molar-refractivity contribution in [1.82, 2.24) is 0 Å². The van der Waals surface area contributed by atoms with Crippen molar-refractivity contribution in [3.63, 3.8) is 0 Å². The van der Waals surface area contributed by atoms with Gasteiger partial charge in [0, 0.05) is 12.3 Å². The number of furan rings is 1. The SMILES string of the molecule is CCC(CC)c1cc2c(o1)CCCC2. The van der Waals surface area contributed by atoms with Crippen molar-refractivity contribution in [2.45, 2.75) is 58.3 Å². The normalized spacial score (nSPS) is 15.9. The Morgan fingerprint density at radius 1 is 1.21 bits per heavy atom. The zero-order chi connectivity index (χ0) is 9.97. The van der Waals surface area contributed by atoms with E-state index >= 15 is 0 Å². The van der Waals surface area contributed by atoms with Crippen LogP contribution in [-0.4, -0.2) is 0 Å². The minimum absolute atomic E-state index is 0.639. The van der Waals surface area contributed by atoms with Crippen molar-refractivity contribution < 1.29 is 4.42 Å². The Hall–Kier alpha value is -0.720. The van der Waals surface area contributed by atoms with Gasteiger partial charge in [0.15, 0.2) is 0 Å². The van der Waals surface area contributed by atoms with E-state index < -0.39 is 0 Å². The average Bonchev–Trinajstić information content (AvgIpc) is 2.63. The highest BCUT2D eigenvalue weighted by atomic mass is 16.3. The average molecular weight is 192 g/mol. The summed E-state index contributed by atoms with van der Waals surface area (Å²) in [7, 11) is 0. The van der Waals surface area contributed by atoms with E-state index in [2.05, 4.69) is 19.9 Å². The minimum atomic E-state index is 0.639. The Morgan fingerprint density at radius 2 is 1.93 bits per heavy atom. The fraction of sp³-hybridized carbons (Fsp3) is 0.692. The van der Waals surface area contributed by atoms with Gasteiger partial charge in [0.2, 0.25) is 0 Å². The molecular weight excluding hydrogens is 172 g/mol. The van der Waals surface area contributed by atoms with Crippen molar-refractivity contribution >= 4 is 0 Å². The van der Waals surface area contributed by atoms with E-state index in [1.54, 1.807) is 0 Å². The molecule has 14 heavy (non-hydrogen) atoms. The molecule has 0 saturated carbocycles. The molecule has 0 aliphatic heterocycles. The highest BCUT2D eigenvalue weighted by Crippen LogP contribution is 2.31. The number of aryl methyl sites for hydroxylation is 2. The first-order chi connectivity index (χ1) is 6.85. The van der Waals surface area contributed by atoms with Gasteiger partial charge in [0.1, 0.15) is 11.5 Å². The van der Waals surface area contributed by atoms with Crippen molar-refractivity contribution in [2.24, 2.45) is 0 Å². The van der Waals surface area contributed by atoms with E-state index in [1.165, 1.54) is 49.2 Å². The van der Waals surface area contributed by atoms with Crippen LogP contribution in [0.4, 0.5) is 0 Å². The zero-order valence-electron chi connectivity index (χ0n) is 9.31. The number of rotatable bonds is 3. The van der Waals surface area contributed by atoms with Gasteiger partial charge in [-0.25, -0.2) is 0 Å². The van der Waals surface area contributed by atoms with E-state index in [0.717, 1.165) is 6.42 Å². The lowest BCUT2D eigenvalue weighted by Crippen LogP contribution is -1.97. The molecule has 0 saturated heterocycles. The fourth-order valence-electron chi connectivity index (χ4n) is 2.41. The van der Waals surface area contributed by atoms with Crippen LogP contribution < -0.4 is 0 Å². The molecule has 0 aromatic carbocycles. The van der Waals surface area contributed by atoms with E-state index in [0.29, 0.717) is 5.92 Å². The largest absolute Gasteiger partial charge is 0.466 e. The Bertz CT molecular complexity index is 271. The van der Waals surface area contributed by atoms with Gasteiger partial charge in [-0.1, -0.05) is 13.8 Å². The lowest BCUT2D eigenvalue weighted by molar-refractivity contribution is 0.406. The molecular formula is C13H20O. The highest BCUT2D eigenvalue weighted by Gasteiger charge is 2.18. The highest BCUT2D eigenvalue weighted by molar-refractivity contribution is 5.25. The molecule has 0 fully saturated rings. The lowest BCUT2D eigenvalue weighted by atomic mass is 9.96. The maximum absolute atomic E-state index is 5.95. The molecule has 0 bridgehead atoms. The van der Waals surface area contributed by atoms with Crippen molar-refractivity contribution in [3.8, 4) is 0 Å². The summed E-state index contributed by atoms with van der Waals surface area (Å²) >= 11 is 0. The quantitative estimate of drug-likeness (QED) is 0.703. The first-order valence-corrected chi connectivity index (χ1v) is 5.96. The topological polar surface area (TPSA) is 13.1 Å². The van der Waals surface area contributed by atoms with Gasteiger partial charge in [-0.3, -0.25) is 0 Å². The standard InChI is InChI=1S/C13H20O/c1-3-10(4-2)13-9-11-7-5-6-8-12(11)14-13/h9-10H,3-8H2,1-2H3. The summed E-state index contributed by atoms with van der Waals surface area (Å²) in [6.45, 7) is 4.49. The van der Waals surface area contributed by atoms with E-state index in [1.807, 2.05) is 0 Å². The van der Waals surface area contributed by atoms with Gasteiger partial charge in [-0.2, -0.15) is 0 Å². The van der Waals surface area contributed by atoms with Crippen LogP contribution in [0, 0.1) is 0 Å². The summed E-state index contributed by atoms with van der Waals surface area (Å²) in [5.41, 5.74) is 1.48. The third kappa shape index (κ3) is 1.73. The van der Waals surface area contributed by atoms with Crippen LogP contribution in [-0.2, 0) is 12.8 Å². The summed E-state index contributed by atoms with van der Waals surface area (Å²) in [4.78, 5) is 0. The van der Waals surface area contributed by atoms with Crippen LogP contribution in [0.5, 0.6) is 0 Å². The summed E-state index contributed by atoms with van der Waals surface area (Å²) < 4.78 is 5.95.